The molecule has 1 saturated carbocycles. The number of likely N-dealkylation sites (tertiary alicyclic amines) is 1. The predicted octanol–water partition coefficient (Wildman–Crippen LogP) is 5.18. The van der Waals surface area contributed by atoms with Crippen molar-refractivity contribution >= 4 is 28.6 Å². The number of ether oxygens (including phenoxy) is 1. The molecule has 1 amide bonds. The summed E-state index contributed by atoms with van der Waals surface area (Å²) in [5, 5.41) is 1.92. The van der Waals surface area contributed by atoms with Crippen LogP contribution in [0, 0.1) is 23.6 Å². The molecule has 2 atom stereocenters. The zero-order chi connectivity index (χ0) is 25.2. The summed E-state index contributed by atoms with van der Waals surface area (Å²) in [6.07, 6.45) is 2.29. The Bertz CT molecular complexity index is 1190. The number of rotatable bonds is 9. The summed E-state index contributed by atoms with van der Waals surface area (Å²) in [5.74, 6) is 1.44. The number of fused-ring (bicyclic) bond motifs is 1. The van der Waals surface area contributed by atoms with Gasteiger partial charge in [0.2, 0.25) is 0 Å². The number of aryl methyl sites for hydroxylation is 1. The Morgan fingerprint density at radius 1 is 1.03 bits per heavy atom. The van der Waals surface area contributed by atoms with Crippen LogP contribution < -0.4 is 9.80 Å². The zero-order valence-electron chi connectivity index (χ0n) is 21.1. The molecule has 37 heavy (non-hydrogen) atoms. The number of thiophene rings is 1. The maximum Gasteiger partial charge on any atom is 0.268 e. The Hall–Kier alpha value is -2.74. The van der Waals surface area contributed by atoms with Gasteiger partial charge >= 0.3 is 0 Å². The second-order valence-electron chi connectivity index (χ2n) is 10.5. The monoisotopic (exact) mass is 519 g/mol. The number of halogens is 1. The molecule has 5 nitrogen and oxygen atoms in total. The SMILES string of the molecule is O=C(c1cccs1)N(CC1C2CN(CCCc3ccccc3)CC21)c1ccc(N2CCOCC2)c(F)c1. The fraction of sp³-hybridized carbons (Fsp3) is 0.433. The second-order valence-corrected chi connectivity index (χ2v) is 11.4. The lowest BCUT2D eigenvalue weighted by Crippen LogP contribution is -2.37. The average Bonchev–Trinajstić information content (AvgIpc) is 3.31. The first-order valence-corrected chi connectivity index (χ1v) is 14.3. The Morgan fingerprint density at radius 3 is 2.51 bits per heavy atom. The number of hydrogen-bond acceptors (Lipinski definition) is 5. The van der Waals surface area contributed by atoms with Crippen molar-refractivity contribution in [1.82, 2.24) is 4.90 Å². The molecule has 6 rings (SSSR count). The molecule has 2 saturated heterocycles. The number of nitrogens with zero attached hydrogens (tertiary/aromatic N) is 3. The number of benzene rings is 2. The van der Waals surface area contributed by atoms with Gasteiger partial charge in [-0.05, 0) is 72.3 Å². The van der Waals surface area contributed by atoms with Crippen molar-refractivity contribution in [2.24, 2.45) is 17.8 Å². The molecule has 0 bridgehead atoms. The third-order valence-electron chi connectivity index (χ3n) is 8.19. The number of carbonyl (C=O) groups is 1. The van der Waals surface area contributed by atoms with E-state index < -0.39 is 0 Å². The van der Waals surface area contributed by atoms with Crippen molar-refractivity contribution in [3.8, 4) is 0 Å². The van der Waals surface area contributed by atoms with Crippen LogP contribution in [0.1, 0.15) is 21.7 Å². The lowest BCUT2D eigenvalue weighted by atomic mass is 10.1. The quantitative estimate of drug-likeness (QED) is 0.390. The molecule has 0 spiro atoms. The second kappa shape index (κ2) is 10.9. The Kier molecular flexibility index (Phi) is 7.27. The van der Waals surface area contributed by atoms with Gasteiger partial charge in [-0.3, -0.25) is 4.79 Å². The number of piperidine rings is 1. The number of hydrogen-bond donors (Lipinski definition) is 0. The summed E-state index contributed by atoms with van der Waals surface area (Å²) in [7, 11) is 0. The molecule has 1 aromatic heterocycles. The van der Waals surface area contributed by atoms with Crippen LogP contribution in [0.2, 0.25) is 0 Å². The van der Waals surface area contributed by atoms with E-state index in [0.29, 0.717) is 66.9 Å². The topological polar surface area (TPSA) is 36.0 Å². The average molecular weight is 520 g/mol. The molecule has 2 aromatic carbocycles. The van der Waals surface area contributed by atoms with Crippen LogP contribution in [0.4, 0.5) is 15.8 Å². The highest BCUT2D eigenvalue weighted by Crippen LogP contribution is 2.52. The van der Waals surface area contributed by atoms with Crippen molar-refractivity contribution in [3.05, 3.63) is 82.3 Å². The Labute approximate surface area is 222 Å². The molecular formula is C30H34FN3O2S. The molecule has 3 aromatic rings. The van der Waals surface area contributed by atoms with Crippen molar-refractivity contribution < 1.29 is 13.9 Å². The largest absolute Gasteiger partial charge is 0.378 e. The minimum atomic E-state index is -0.274. The minimum Gasteiger partial charge on any atom is -0.378 e. The van der Waals surface area contributed by atoms with Gasteiger partial charge in [-0.15, -0.1) is 11.3 Å². The van der Waals surface area contributed by atoms with E-state index in [9.17, 15) is 4.79 Å². The van der Waals surface area contributed by atoms with Gasteiger partial charge < -0.3 is 19.4 Å². The number of anilines is 2. The number of morpholine rings is 1. The Balaban J connectivity index is 1.10. The van der Waals surface area contributed by atoms with Crippen LogP contribution in [0.15, 0.2) is 66.0 Å². The maximum absolute atomic E-state index is 15.3. The van der Waals surface area contributed by atoms with Gasteiger partial charge in [-0.2, -0.15) is 0 Å². The van der Waals surface area contributed by atoms with Gasteiger partial charge in [0.15, 0.2) is 0 Å². The van der Waals surface area contributed by atoms with Crippen LogP contribution in [-0.4, -0.2) is 63.3 Å². The summed E-state index contributed by atoms with van der Waals surface area (Å²) in [5.41, 5.74) is 2.64. The number of carbonyl (C=O) groups excluding carboxylic acids is 1. The molecular weight excluding hydrogens is 485 g/mol. The molecule has 2 unspecified atom stereocenters. The fourth-order valence-corrected chi connectivity index (χ4v) is 6.79. The lowest BCUT2D eigenvalue weighted by Gasteiger charge is -2.30. The van der Waals surface area contributed by atoms with Crippen molar-refractivity contribution in [2.45, 2.75) is 12.8 Å². The van der Waals surface area contributed by atoms with Crippen LogP contribution in [0.3, 0.4) is 0 Å². The van der Waals surface area contributed by atoms with Crippen molar-refractivity contribution in [1.29, 1.82) is 0 Å². The van der Waals surface area contributed by atoms with E-state index in [1.807, 2.05) is 39.4 Å². The maximum atomic E-state index is 15.3. The molecule has 194 valence electrons. The van der Waals surface area contributed by atoms with E-state index in [1.165, 1.54) is 23.3 Å². The number of amides is 1. The fourth-order valence-electron chi connectivity index (χ4n) is 6.12. The van der Waals surface area contributed by atoms with E-state index in [-0.39, 0.29) is 11.7 Å². The van der Waals surface area contributed by atoms with Gasteiger partial charge in [0.25, 0.3) is 5.91 Å². The molecule has 3 fully saturated rings. The van der Waals surface area contributed by atoms with Crippen molar-refractivity contribution in [2.75, 3.05) is 62.3 Å². The predicted molar refractivity (Wildman–Crippen MR) is 147 cm³/mol. The molecule has 0 N–H and O–H groups in total. The smallest absolute Gasteiger partial charge is 0.268 e. The normalized spacial score (nSPS) is 23.2. The van der Waals surface area contributed by atoms with Crippen LogP contribution >= 0.6 is 11.3 Å². The summed E-state index contributed by atoms with van der Waals surface area (Å²) in [4.78, 5) is 20.6. The van der Waals surface area contributed by atoms with Crippen LogP contribution in [0.25, 0.3) is 0 Å². The third kappa shape index (κ3) is 5.44. The van der Waals surface area contributed by atoms with Gasteiger partial charge in [0.1, 0.15) is 5.82 Å². The van der Waals surface area contributed by atoms with E-state index in [1.54, 1.807) is 6.07 Å². The Morgan fingerprint density at radius 2 is 1.81 bits per heavy atom. The highest BCUT2D eigenvalue weighted by molar-refractivity contribution is 7.12. The summed E-state index contributed by atoms with van der Waals surface area (Å²) in [6.45, 7) is 6.57. The van der Waals surface area contributed by atoms with E-state index in [0.717, 1.165) is 26.1 Å². The highest BCUT2D eigenvalue weighted by atomic mass is 32.1. The zero-order valence-corrected chi connectivity index (χ0v) is 21.9. The van der Waals surface area contributed by atoms with E-state index in [4.69, 9.17) is 4.74 Å². The van der Waals surface area contributed by atoms with Gasteiger partial charge in [-0.25, -0.2) is 4.39 Å². The summed E-state index contributed by atoms with van der Waals surface area (Å²) >= 11 is 1.45. The molecule has 2 aliphatic heterocycles. The first-order chi connectivity index (χ1) is 18.2. The minimum absolute atomic E-state index is 0.0294. The standard InChI is InChI=1S/C30H34FN3O2S/c31-27-18-23(10-11-28(27)33-13-15-36-16-14-33)34(30(35)29-9-5-17-37-29)21-26-24-19-32(20-25(24)26)12-4-8-22-6-2-1-3-7-22/h1-3,5-7,9-11,17-18,24-26H,4,8,12-16,19-21H2. The van der Waals surface area contributed by atoms with E-state index >= 15 is 4.39 Å². The summed E-state index contributed by atoms with van der Waals surface area (Å²) < 4.78 is 20.7. The lowest BCUT2D eigenvalue weighted by molar-refractivity contribution is 0.0988. The third-order valence-corrected chi connectivity index (χ3v) is 9.05. The first kappa shape index (κ1) is 24.6. The van der Waals surface area contributed by atoms with Crippen LogP contribution in [0.5, 0.6) is 0 Å². The molecule has 7 heteroatoms. The molecule has 0 radical (unpaired) electrons. The first-order valence-electron chi connectivity index (χ1n) is 13.4. The van der Waals surface area contributed by atoms with Crippen molar-refractivity contribution in [3.63, 3.8) is 0 Å². The van der Waals surface area contributed by atoms with Crippen LogP contribution in [-0.2, 0) is 11.2 Å². The summed E-state index contributed by atoms with van der Waals surface area (Å²) in [6, 6.07) is 19.7. The molecule has 3 aliphatic rings. The van der Waals surface area contributed by atoms with Gasteiger partial charge in [-0.1, -0.05) is 36.4 Å². The van der Waals surface area contributed by atoms with Gasteiger partial charge in [0.05, 0.1) is 23.8 Å². The molecule has 1 aliphatic carbocycles. The van der Waals surface area contributed by atoms with Gasteiger partial charge in [0, 0.05) is 38.4 Å². The van der Waals surface area contributed by atoms with E-state index in [2.05, 4.69) is 35.2 Å². The highest BCUT2D eigenvalue weighted by Gasteiger charge is 2.56. The molecule has 3 heterocycles.